The van der Waals surface area contributed by atoms with Crippen molar-refractivity contribution in [3.05, 3.63) is 88.4 Å². The first-order valence-electron chi connectivity index (χ1n) is 23.1. The van der Waals surface area contributed by atoms with Gasteiger partial charge in [-0.3, -0.25) is 28.5 Å². The Balaban J connectivity index is 0.856. The Morgan fingerprint density at radius 1 is 1.00 bits per heavy atom. The molecule has 0 unspecified atom stereocenters. The van der Waals surface area contributed by atoms with E-state index in [1.54, 1.807) is 29.1 Å². The number of likely N-dealkylation sites (tertiary alicyclic amines) is 1. The topological polar surface area (TPSA) is 180 Å². The van der Waals surface area contributed by atoms with Gasteiger partial charge in [0.05, 0.1) is 41.0 Å². The van der Waals surface area contributed by atoms with Crippen molar-refractivity contribution in [2.75, 3.05) is 37.7 Å². The molecule has 0 bridgehead atoms. The number of aryl methyl sites for hydroxylation is 2. The second kappa shape index (κ2) is 18.8. The SMILES string of the molecule is CC(=O)N1CCc2c(c(N3CCCc4cc(-c5cnn(CC(=O)N[C@H](C(=O)N6C[C@H](O)C[C@H]6C(=O)NCc6ccc(-c7scnc7C)cc6)C(C)(C)C)c5)ccc43)nn2C2CCOCC2)C1. The second-order valence-corrected chi connectivity index (χ2v) is 20.1. The molecule has 5 aromatic rings. The van der Waals surface area contributed by atoms with Crippen LogP contribution in [0.1, 0.15) is 87.5 Å². The number of aliphatic hydroxyl groups is 1. The number of nitrogens with zero attached hydrogens (tertiary/aromatic N) is 8. The molecule has 16 nitrogen and oxygen atoms in total. The lowest BCUT2D eigenvalue weighted by Gasteiger charge is -2.35. The van der Waals surface area contributed by atoms with E-state index in [1.165, 1.54) is 16.2 Å². The number of aromatic nitrogens is 5. The molecular formula is C49H60N10O6S. The van der Waals surface area contributed by atoms with Crippen LogP contribution in [-0.2, 0) is 56.4 Å². The maximum Gasteiger partial charge on any atom is 0.246 e. The highest BCUT2D eigenvalue weighted by Gasteiger charge is 2.44. The molecule has 4 amide bonds. The average Bonchev–Trinajstić information content (AvgIpc) is 4.13. The summed E-state index contributed by atoms with van der Waals surface area (Å²) in [5.41, 5.74) is 10.5. The van der Waals surface area contributed by atoms with Gasteiger partial charge >= 0.3 is 0 Å². The first kappa shape index (κ1) is 45.3. The largest absolute Gasteiger partial charge is 0.391 e. The molecule has 66 heavy (non-hydrogen) atoms. The Bertz CT molecular complexity index is 2610. The molecule has 3 aromatic heterocycles. The molecule has 4 aliphatic rings. The number of aliphatic hydroxyl groups excluding tert-OH is 1. The van der Waals surface area contributed by atoms with Gasteiger partial charge < -0.3 is 35.2 Å². The monoisotopic (exact) mass is 916 g/mol. The summed E-state index contributed by atoms with van der Waals surface area (Å²) in [6, 6.07) is 12.8. The lowest BCUT2D eigenvalue weighted by Crippen LogP contribution is -2.58. The molecule has 4 aliphatic heterocycles. The Morgan fingerprint density at radius 2 is 1.77 bits per heavy atom. The Labute approximate surface area is 389 Å². The number of thiazole rings is 1. The van der Waals surface area contributed by atoms with E-state index in [-0.39, 0.29) is 43.9 Å². The van der Waals surface area contributed by atoms with Gasteiger partial charge in [0.15, 0.2) is 5.82 Å². The third-order valence-corrected chi connectivity index (χ3v) is 14.5. The molecule has 3 atom stereocenters. The Kier molecular flexibility index (Phi) is 12.9. The minimum absolute atomic E-state index is 0.0104. The number of nitrogens with one attached hydrogen (secondary N) is 2. The molecule has 17 heteroatoms. The van der Waals surface area contributed by atoms with Crippen molar-refractivity contribution in [3.63, 3.8) is 0 Å². The first-order valence-corrected chi connectivity index (χ1v) is 24.0. The summed E-state index contributed by atoms with van der Waals surface area (Å²) in [6.45, 7) is 12.9. The van der Waals surface area contributed by atoms with E-state index in [4.69, 9.17) is 9.84 Å². The van der Waals surface area contributed by atoms with E-state index in [0.29, 0.717) is 13.1 Å². The van der Waals surface area contributed by atoms with E-state index >= 15 is 0 Å². The number of benzene rings is 2. The normalized spacial score (nSPS) is 19.3. The van der Waals surface area contributed by atoms with E-state index in [0.717, 1.165) is 102 Å². The summed E-state index contributed by atoms with van der Waals surface area (Å²) in [4.78, 5) is 65.2. The first-order chi connectivity index (χ1) is 31.7. The number of hydrogen-bond acceptors (Lipinski definition) is 11. The van der Waals surface area contributed by atoms with Gasteiger partial charge in [-0.25, -0.2) is 4.98 Å². The van der Waals surface area contributed by atoms with Crippen LogP contribution in [0.2, 0.25) is 0 Å². The number of rotatable bonds is 11. The maximum absolute atomic E-state index is 14.3. The van der Waals surface area contributed by atoms with Gasteiger partial charge in [-0.05, 0) is 72.4 Å². The molecule has 348 valence electrons. The third kappa shape index (κ3) is 9.38. The van der Waals surface area contributed by atoms with Gasteiger partial charge in [0.2, 0.25) is 23.6 Å². The van der Waals surface area contributed by atoms with Crippen LogP contribution < -0.4 is 15.5 Å². The van der Waals surface area contributed by atoms with Crippen LogP contribution in [0.25, 0.3) is 21.6 Å². The summed E-state index contributed by atoms with van der Waals surface area (Å²) >= 11 is 1.58. The highest BCUT2D eigenvalue weighted by molar-refractivity contribution is 7.13. The molecule has 0 aliphatic carbocycles. The highest BCUT2D eigenvalue weighted by atomic mass is 32.1. The Hall–Kier alpha value is -5.91. The van der Waals surface area contributed by atoms with Crippen LogP contribution in [0.3, 0.4) is 0 Å². The zero-order chi connectivity index (χ0) is 46.3. The van der Waals surface area contributed by atoms with Gasteiger partial charge in [0.1, 0.15) is 18.6 Å². The van der Waals surface area contributed by atoms with Crippen molar-refractivity contribution in [2.45, 2.75) is 117 Å². The van der Waals surface area contributed by atoms with Crippen LogP contribution in [-0.4, -0.2) is 114 Å². The second-order valence-electron chi connectivity index (χ2n) is 19.2. The van der Waals surface area contributed by atoms with Crippen molar-refractivity contribution < 1.29 is 29.0 Å². The maximum atomic E-state index is 14.3. The standard InChI is InChI=1S/C49H60N10O6S/c1-30-44(66-29-51-30)33-10-8-32(9-11-33)23-50-47(63)42-22-38(61)26-58(42)48(64)45(49(3,4)5)53-43(62)28-56-25-36(24-52-56)34-12-13-40-35(21-34)7-6-17-57(40)46-39-27-55(31(2)60)18-14-41(39)59(54-46)37-15-19-65-20-16-37/h8-13,21,24-25,29,37-38,42,45,61H,6-7,14-20,22-23,26-28H2,1-5H3,(H,50,63)(H,53,62)/t38-,42+,45-/m1/s1. The zero-order valence-corrected chi connectivity index (χ0v) is 39.3. The molecule has 9 rings (SSSR count). The predicted octanol–water partition coefficient (Wildman–Crippen LogP) is 5.33. The van der Waals surface area contributed by atoms with E-state index < -0.39 is 35.4 Å². The number of β-amino-alcohol motifs (C(OH)–C–C–N with tert-alkyl or cyclic N) is 1. The van der Waals surface area contributed by atoms with Gasteiger partial charge in [0, 0.05) is 87.9 Å². The summed E-state index contributed by atoms with van der Waals surface area (Å²) in [5, 5.41) is 26.4. The van der Waals surface area contributed by atoms with Crippen LogP contribution in [0.5, 0.6) is 0 Å². The number of anilines is 2. The fourth-order valence-corrected chi connectivity index (χ4v) is 10.7. The molecule has 3 N–H and O–H groups in total. The van der Waals surface area contributed by atoms with Crippen molar-refractivity contribution in [1.29, 1.82) is 0 Å². The highest BCUT2D eigenvalue weighted by Crippen LogP contribution is 2.41. The smallest absolute Gasteiger partial charge is 0.246 e. The summed E-state index contributed by atoms with van der Waals surface area (Å²) in [7, 11) is 0. The van der Waals surface area contributed by atoms with Gasteiger partial charge in [0.25, 0.3) is 0 Å². The minimum Gasteiger partial charge on any atom is -0.391 e. The van der Waals surface area contributed by atoms with Crippen LogP contribution in [0.4, 0.5) is 11.5 Å². The third-order valence-electron chi connectivity index (χ3n) is 13.5. The van der Waals surface area contributed by atoms with E-state index in [2.05, 4.69) is 48.5 Å². The summed E-state index contributed by atoms with van der Waals surface area (Å²) in [5.74, 6) is -0.176. The molecule has 2 fully saturated rings. The van der Waals surface area contributed by atoms with Gasteiger partial charge in [-0.15, -0.1) is 11.3 Å². The zero-order valence-electron chi connectivity index (χ0n) is 38.5. The molecular weight excluding hydrogens is 857 g/mol. The van der Waals surface area contributed by atoms with Crippen LogP contribution in [0.15, 0.2) is 60.4 Å². The summed E-state index contributed by atoms with van der Waals surface area (Å²) < 4.78 is 9.48. The number of carbonyl (C=O) groups excluding carboxylic acids is 4. The fourth-order valence-electron chi connectivity index (χ4n) is 9.88. The fraction of sp³-hybridized carbons (Fsp3) is 0.490. The molecule has 2 aromatic carbocycles. The van der Waals surface area contributed by atoms with E-state index in [1.807, 2.05) is 68.6 Å². The average molecular weight is 917 g/mol. The molecule has 2 saturated heterocycles. The van der Waals surface area contributed by atoms with Crippen LogP contribution in [0, 0.1) is 12.3 Å². The lowest BCUT2D eigenvalue weighted by molar-refractivity contribution is -0.144. The van der Waals surface area contributed by atoms with Crippen LogP contribution >= 0.6 is 11.3 Å². The molecule has 0 saturated carbocycles. The number of amides is 4. The van der Waals surface area contributed by atoms with Crippen molar-refractivity contribution >= 4 is 46.5 Å². The summed E-state index contributed by atoms with van der Waals surface area (Å²) in [6.07, 6.45) is 7.29. The van der Waals surface area contributed by atoms with Gasteiger partial charge in [-0.1, -0.05) is 51.1 Å². The number of carbonyl (C=O) groups is 4. The molecule has 0 radical (unpaired) electrons. The van der Waals surface area contributed by atoms with Gasteiger partial charge in [-0.2, -0.15) is 10.2 Å². The number of hydrogen-bond donors (Lipinski definition) is 3. The lowest BCUT2D eigenvalue weighted by atomic mass is 9.85. The molecule has 0 spiro atoms. The van der Waals surface area contributed by atoms with E-state index in [9.17, 15) is 24.3 Å². The predicted molar refractivity (Wildman–Crippen MR) is 251 cm³/mol. The van der Waals surface area contributed by atoms with Crippen molar-refractivity contribution in [2.24, 2.45) is 5.41 Å². The number of ether oxygens (including phenoxy) is 1. The number of fused-ring (bicyclic) bond motifs is 2. The minimum atomic E-state index is -0.966. The van der Waals surface area contributed by atoms with Crippen molar-refractivity contribution in [3.8, 4) is 21.6 Å². The quantitative estimate of drug-likeness (QED) is 0.157. The Morgan fingerprint density at radius 3 is 2.50 bits per heavy atom. The van der Waals surface area contributed by atoms with Crippen molar-refractivity contribution in [1.82, 2.24) is 45.0 Å². The molecule has 7 heterocycles.